The van der Waals surface area contributed by atoms with Crippen LogP contribution in [-0.4, -0.2) is 27.0 Å². The first kappa shape index (κ1) is 13.4. The molecule has 108 valence electrons. The number of alkyl halides is 2. The predicted molar refractivity (Wildman–Crippen MR) is 68.8 cm³/mol. The second kappa shape index (κ2) is 4.77. The Bertz CT molecular complexity index is 728. The quantitative estimate of drug-likeness (QED) is 0.883. The van der Waals surface area contributed by atoms with Crippen molar-refractivity contribution in [2.45, 2.75) is 6.11 Å². The van der Waals surface area contributed by atoms with Crippen LogP contribution in [0.1, 0.15) is 0 Å². The summed E-state index contributed by atoms with van der Waals surface area (Å²) in [5.74, 6) is -1.50. The van der Waals surface area contributed by atoms with Crippen LogP contribution in [0.5, 0.6) is 5.75 Å². The Balaban J connectivity index is 1.87. The van der Waals surface area contributed by atoms with Crippen LogP contribution in [0.3, 0.4) is 0 Å². The van der Waals surface area contributed by atoms with Gasteiger partial charge >= 0.3 is 12.0 Å². The van der Waals surface area contributed by atoms with Crippen LogP contribution in [0, 0.1) is 0 Å². The van der Waals surface area contributed by atoms with E-state index in [4.69, 9.17) is 11.6 Å². The Hall–Kier alpha value is -2.55. The summed E-state index contributed by atoms with van der Waals surface area (Å²) in [6, 6.07) is 4.15. The van der Waals surface area contributed by atoms with Crippen molar-refractivity contribution in [3.63, 3.8) is 0 Å². The number of hydrogen-bond acceptors (Lipinski definition) is 6. The number of amides is 1. The number of rotatable bonds is 2. The Kier molecular flexibility index (Phi) is 3.05. The highest BCUT2D eigenvalue weighted by Gasteiger charge is 2.46. The molecule has 0 atom stereocenters. The highest BCUT2D eigenvalue weighted by Crippen LogP contribution is 2.37. The van der Waals surface area contributed by atoms with E-state index in [2.05, 4.69) is 30.3 Å². The number of ether oxygens (including phenoxy) is 1. The molecule has 0 unspecified atom stereocenters. The number of carbonyl (C=O) groups excluding carboxylic acids is 1. The number of fused-ring (bicyclic) bond motifs is 1. The van der Waals surface area contributed by atoms with Crippen LogP contribution in [0.25, 0.3) is 0 Å². The molecule has 2 aromatic rings. The van der Waals surface area contributed by atoms with Gasteiger partial charge in [0.25, 0.3) is 0 Å². The lowest BCUT2D eigenvalue weighted by Gasteiger charge is -2.25. The summed E-state index contributed by atoms with van der Waals surface area (Å²) in [5.41, 5.74) is 0.557. The van der Waals surface area contributed by atoms with Gasteiger partial charge in [-0.1, -0.05) is 0 Å². The topological polar surface area (TPSA) is 89.0 Å². The third-order valence-electron chi connectivity index (χ3n) is 2.53. The van der Waals surface area contributed by atoms with E-state index in [0.717, 1.165) is 0 Å². The number of nitrogens with zero attached hydrogens (tertiary/aromatic N) is 3. The van der Waals surface area contributed by atoms with Crippen molar-refractivity contribution >= 4 is 34.8 Å². The van der Waals surface area contributed by atoms with Gasteiger partial charge in [-0.15, -0.1) is 0 Å². The van der Waals surface area contributed by atoms with E-state index in [1.807, 2.05) is 0 Å². The van der Waals surface area contributed by atoms with Crippen LogP contribution in [-0.2, 0) is 4.79 Å². The molecule has 1 aromatic heterocycles. The van der Waals surface area contributed by atoms with Gasteiger partial charge in [0.2, 0.25) is 11.2 Å². The van der Waals surface area contributed by atoms with Crippen molar-refractivity contribution in [2.75, 3.05) is 10.6 Å². The number of nitrogens with one attached hydrogen (secondary N) is 2. The van der Waals surface area contributed by atoms with Crippen LogP contribution in [0.4, 0.5) is 26.1 Å². The average molecular weight is 314 g/mol. The first-order valence-corrected chi connectivity index (χ1v) is 5.96. The molecule has 0 saturated heterocycles. The molecule has 0 radical (unpaired) electrons. The third-order valence-corrected chi connectivity index (χ3v) is 2.71. The molecule has 7 nitrogen and oxygen atoms in total. The van der Waals surface area contributed by atoms with Crippen LogP contribution >= 0.6 is 11.6 Å². The van der Waals surface area contributed by atoms with Crippen molar-refractivity contribution in [1.29, 1.82) is 0 Å². The van der Waals surface area contributed by atoms with Crippen molar-refractivity contribution in [3.8, 4) is 5.75 Å². The minimum Gasteiger partial charge on any atom is -0.423 e. The van der Waals surface area contributed by atoms with Crippen LogP contribution in [0.15, 0.2) is 24.5 Å². The zero-order valence-corrected chi connectivity index (χ0v) is 10.9. The van der Waals surface area contributed by atoms with Crippen molar-refractivity contribution in [1.82, 2.24) is 15.0 Å². The fourth-order valence-electron chi connectivity index (χ4n) is 1.64. The normalized spacial score (nSPS) is 15.7. The van der Waals surface area contributed by atoms with Gasteiger partial charge in [0.05, 0.1) is 5.69 Å². The fourth-order valence-corrected chi connectivity index (χ4v) is 1.76. The molecule has 3 rings (SSSR count). The smallest absolute Gasteiger partial charge is 0.423 e. The molecule has 0 spiro atoms. The standard InChI is InChI=1S/C11H6ClF2N5O2/c12-9-15-4-16-10(19-9)17-5-1-2-7-6(3-5)18-8(20)11(13,14)21-7/h1-4H,(H,18,20)(H,15,16,17,19). The number of anilines is 3. The molecule has 0 fully saturated rings. The maximum atomic E-state index is 13.1. The largest absolute Gasteiger partial charge is 0.482 e. The van der Waals surface area contributed by atoms with E-state index in [-0.39, 0.29) is 22.7 Å². The minimum atomic E-state index is -3.89. The molecular formula is C11H6ClF2N5O2. The third kappa shape index (κ3) is 2.68. The molecule has 0 aliphatic carbocycles. The lowest BCUT2D eigenvalue weighted by Crippen LogP contribution is -2.43. The molecule has 21 heavy (non-hydrogen) atoms. The van der Waals surface area contributed by atoms with E-state index in [0.29, 0.717) is 5.69 Å². The van der Waals surface area contributed by atoms with Gasteiger partial charge in [0.15, 0.2) is 5.75 Å². The Morgan fingerprint density at radius 3 is 2.90 bits per heavy atom. The molecule has 0 bridgehead atoms. The van der Waals surface area contributed by atoms with Gasteiger partial charge in [-0.3, -0.25) is 4.79 Å². The zero-order valence-electron chi connectivity index (χ0n) is 10.1. The van der Waals surface area contributed by atoms with E-state index < -0.39 is 12.0 Å². The van der Waals surface area contributed by atoms with Gasteiger partial charge in [-0.2, -0.15) is 13.8 Å². The highest BCUT2D eigenvalue weighted by atomic mass is 35.5. The molecule has 1 aliphatic heterocycles. The lowest BCUT2D eigenvalue weighted by atomic mass is 10.2. The van der Waals surface area contributed by atoms with Gasteiger partial charge < -0.3 is 15.4 Å². The summed E-state index contributed by atoms with van der Waals surface area (Å²) >= 11 is 5.61. The zero-order chi connectivity index (χ0) is 15.0. The van der Waals surface area contributed by atoms with E-state index in [1.165, 1.54) is 24.5 Å². The number of halogens is 3. The monoisotopic (exact) mass is 313 g/mol. The van der Waals surface area contributed by atoms with Crippen LogP contribution in [0.2, 0.25) is 5.28 Å². The van der Waals surface area contributed by atoms with Crippen LogP contribution < -0.4 is 15.4 Å². The van der Waals surface area contributed by atoms with E-state index in [1.54, 1.807) is 0 Å². The molecule has 1 amide bonds. The Morgan fingerprint density at radius 2 is 2.14 bits per heavy atom. The minimum absolute atomic E-state index is 0.00161. The molecule has 0 saturated carbocycles. The Labute approximate surface area is 121 Å². The van der Waals surface area contributed by atoms with Gasteiger partial charge in [0.1, 0.15) is 6.33 Å². The summed E-state index contributed by atoms with van der Waals surface area (Å²) in [5, 5.41) is 4.85. The second-order valence-electron chi connectivity index (χ2n) is 3.99. The number of benzene rings is 1. The molecular weight excluding hydrogens is 308 g/mol. The summed E-state index contributed by atoms with van der Waals surface area (Å²) in [6.07, 6.45) is -2.68. The molecule has 1 aliphatic rings. The average Bonchev–Trinajstić information content (AvgIpc) is 2.40. The molecule has 2 heterocycles. The number of carbonyl (C=O) groups is 1. The van der Waals surface area contributed by atoms with Crippen molar-refractivity contribution < 1.29 is 18.3 Å². The number of aromatic nitrogens is 3. The second-order valence-corrected chi connectivity index (χ2v) is 4.33. The Morgan fingerprint density at radius 1 is 1.33 bits per heavy atom. The summed E-state index contributed by atoms with van der Waals surface area (Å²) < 4.78 is 30.5. The van der Waals surface area contributed by atoms with Gasteiger partial charge in [-0.25, -0.2) is 9.97 Å². The first-order chi connectivity index (χ1) is 9.94. The first-order valence-electron chi connectivity index (χ1n) is 5.58. The summed E-state index contributed by atoms with van der Waals surface area (Å²) in [6.45, 7) is 0. The maximum Gasteiger partial charge on any atom is 0.482 e. The van der Waals surface area contributed by atoms with E-state index >= 15 is 0 Å². The lowest BCUT2D eigenvalue weighted by molar-refractivity contribution is -0.189. The summed E-state index contributed by atoms with van der Waals surface area (Å²) in [7, 11) is 0. The molecule has 2 N–H and O–H groups in total. The molecule has 1 aromatic carbocycles. The van der Waals surface area contributed by atoms with Gasteiger partial charge in [0, 0.05) is 5.69 Å². The van der Waals surface area contributed by atoms with E-state index in [9.17, 15) is 13.6 Å². The maximum absolute atomic E-state index is 13.1. The highest BCUT2D eigenvalue weighted by molar-refractivity contribution is 6.28. The SMILES string of the molecule is O=C1Nc2cc(Nc3ncnc(Cl)n3)ccc2OC1(F)F. The molecule has 10 heteroatoms. The van der Waals surface area contributed by atoms with Gasteiger partial charge in [-0.05, 0) is 29.8 Å². The predicted octanol–water partition coefficient (Wildman–Crippen LogP) is 2.19. The summed E-state index contributed by atoms with van der Waals surface area (Å²) in [4.78, 5) is 22.4. The van der Waals surface area contributed by atoms with Crippen molar-refractivity contribution in [3.05, 3.63) is 29.8 Å². The van der Waals surface area contributed by atoms with Crippen molar-refractivity contribution in [2.24, 2.45) is 0 Å². The fraction of sp³-hybridized carbons (Fsp3) is 0.0909. The number of hydrogen-bond donors (Lipinski definition) is 2.